The van der Waals surface area contributed by atoms with Crippen LogP contribution in [-0.2, 0) is 0 Å². The summed E-state index contributed by atoms with van der Waals surface area (Å²) in [4.78, 5) is 1.42. The summed E-state index contributed by atoms with van der Waals surface area (Å²) in [5, 5.41) is 1.43. The molecule has 0 N–H and O–H groups in total. The van der Waals surface area contributed by atoms with E-state index in [1.165, 1.54) is 52.3 Å². The second kappa shape index (κ2) is 5.70. The molecule has 0 bridgehead atoms. The van der Waals surface area contributed by atoms with Crippen LogP contribution >= 0.6 is 11.3 Å². The summed E-state index contributed by atoms with van der Waals surface area (Å²) >= 11 is 1.97. The lowest BCUT2D eigenvalue weighted by molar-refractivity contribution is 0.252. The van der Waals surface area contributed by atoms with Gasteiger partial charge in [-0.25, -0.2) is 0 Å². The monoisotopic (exact) mass is 308 g/mol. The summed E-state index contributed by atoms with van der Waals surface area (Å²) in [6.07, 6.45) is 26.9. The van der Waals surface area contributed by atoms with Crippen molar-refractivity contribution >= 4 is 35.6 Å². The molecule has 0 nitrogen and oxygen atoms in total. The number of thiophene rings is 1. The predicted molar refractivity (Wildman–Crippen MR) is 99.0 cm³/mol. The SMILES string of the molecule is CC1(C2CCCCC2)C=CC=c2c3c(sc2=C1)C=CCC=C3. The summed E-state index contributed by atoms with van der Waals surface area (Å²) in [5.74, 6) is 0.810. The largest absolute Gasteiger partial charge is 0.136 e. The van der Waals surface area contributed by atoms with E-state index in [2.05, 4.69) is 55.5 Å². The molecule has 1 atom stereocenters. The van der Waals surface area contributed by atoms with Gasteiger partial charge in [0, 0.05) is 14.8 Å². The quantitative estimate of drug-likeness (QED) is 0.692. The molecule has 1 fully saturated rings. The maximum Gasteiger partial charge on any atom is 0.0352 e. The van der Waals surface area contributed by atoms with Crippen molar-refractivity contribution in [2.75, 3.05) is 0 Å². The fourth-order valence-electron chi connectivity index (χ4n) is 4.17. The fraction of sp³-hybridized carbons (Fsp3) is 0.429. The van der Waals surface area contributed by atoms with Crippen LogP contribution in [-0.4, -0.2) is 0 Å². The van der Waals surface area contributed by atoms with Gasteiger partial charge in [0.05, 0.1) is 0 Å². The standard InChI is InChI=1S/C21H24S/c1-21(16-9-4-2-5-10-16)14-8-12-18-17-11-6-3-7-13-19(17)22-20(18)15-21/h6-8,11-16H,2-5,9-10H2,1H3. The maximum absolute atomic E-state index is 2.57. The zero-order chi connectivity index (χ0) is 15.0. The van der Waals surface area contributed by atoms with Crippen molar-refractivity contribution in [3.8, 4) is 0 Å². The molecule has 1 aromatic heterocycles. The van der Waals surface area contributed by atoms with Gasteiger partial charge in [0.25, 0.3) is 0 Å². The van der Waals surface area contributed by atoms with E-state index in [9.17, 15) is 0 Å². The first-order chi connectivity index (χ1) is 10.8. The van der Waals surface area contributed by atoms with E-state index in [1.807, 2.05) is 11.3 Å². The van der Waals surface area contributed by atoms with Crippen molar-refractivity contribution in [2.45, 2.75) is 45.4 Å². The van der Waals surface area contributed by atoms with E-state index in [4.69, 9.17) is 0 Å². The molecule has 0 aromatic carbocycles. The molecule has 0 radical (unpaired) electrons. The minimum Gasteiger partial charge on any atom is -0.136 e. The zero-order valence-corrected chi connectivity index (χ0v) is 14.2. The van der Waals surface area contributed by atoms with Crippen LogP contribution in [0.1, 0.15) is 55.9 Å². The van der Waals surface area contributed by atoms with E-state index in [0.29, 0.717) is 0 Å². The van der Waals surface area contributed by atoms with Gasteiger partial charge >= 0.3 is 0 Å². The van der Waals surface area contributed by atoms with E-state index >= 15 is 0 Å². The summed E-state index contributed by atoms with van der Waals surface area (Å²) in [7, 11) is 0. The summed E-state index contributed by atoms with van der Waals surface area (Å²) in [6, 6.07) is 0. The lowest BCUT2D eigenvalue weighted by Gasteiger charge is -2.35. The molecule has 1 aromatic rings. The van der Waals surface area contributed by atoms with Crippen LogP contribution in [0.5, 0.6) is 0 Å². The van der Waals surface area contributed by atoms with Gasteiger partial charge in [-0.15, -0.1) is 11.3 Å². The zero-order valence-electron chi connectivity index (χ0n) is 13.3. The molecule has 1 heterocycles. The Hall–Kier alpha value is -1.34. The Labute approximate surface area is 137 Å². The van der Waals surface area contributed by atoms with Crippen LogP contribution in [0.25, 0.3) is 24.3 Å². The first-order valence-corrected chi connectivity index (χ1v) is 9.46. The molecule has 0 amide bonds. The highest BCUT2D eigenvalue weighted by molar-refractivity contribution is 7.11. The summed E-state index contributed by atoms with van der Waals surface area (Å²) in [5.41, 5.74) is 1.64. The van der Waals surface area contributed by atoms with E-state index in [1.54, 1.807) is 0 Å². The van der Waals surface area contributed by atoms with E-state index in [0.717, 1.165) is 12.3 Å². The van der Waals surface area contributed by atoms with Crippen molar-refractivity contribution in [3.63, 3.8) is 0 Å². The Bertz CT molecular complexity index is 766. The highest BCUT2D eigenvalue weighted by Gasteiger charge is 2.31. The van der Waals surface area contributed by atoms with Crippen molar-refractivity contribution < 1.29 is 0 Å². The van der Waals surface area contributed by atoms with E-state index in [-0.39, 0.29) is 5.41 Å². The number of rotatable bonds is 1. The molecule has 1 unspecified atom stereocenters. The average molecular weight is 308 g/mol. The van der Waals surface area contributed by atoms with Crippen molar-refractivity contribution in [2.24, 2.45) is 11.3 Å². The summed E-state index contributed by atoms with van der Waals surface area (Å²) < 4.78 is 1.47. The molecule has 3 aliphatic carbocycles. The lowest BCUT2D eigenvalue weighted by Crippen LogP contribution is -2.29. The topological polar surface area (TPSA) is 0 Å². The Morgan fingerprint density at radius 2 is 1.91 bits per heavy atom. The molecule has 3 aliphatic rings. The molecular formula is C21H24S. The lowest BCUT2D eigenvalue weighted by atomic mass is 9.70. The Morgan fingerprint density at radius 3 is 2.77 bits per heavy atom. The molecule has 0 saturated heterocycles. The van der Waals surface area contributed by atoms with Crippen LogP contribution < -0.4 is 9.75 Å². The normalized spacial score (nSPS) is 27.3. The van der Waals surface area contributed by atoms with Gasteiger partial charge in [-0.3, -0.25) is 0 Å². The van der Waals surface area contributed by atoms with Gasteiger partial charge in [-0.1, -0.05) is 68.7 Å². The number of hydrogen-bond acceptors (Lipinski definition) is 1. The predicted octanol–water partition coefficient (Wildman–Crippen LogP) is 4.90. The molecule has 0 aliphatic heterocycles. The summed E-state index contributed by atoms with van der Waals surface area (Å²) in [6.45, 7) is 2.44. The minimum absolute atomic E-state index is 0.221. The Morgan fingerprint density at radius 1 is 1.09 bits per heavy atom. The number of fused-ring (bicyclic) bond motifs is 3. The minimum atomic E-state index is 0.221. The molecule has 0 spiro atoms. The van der Waals surface area contributed by atoms with Crippen LogP contribution in [0, 0.1) is 11.3 Å². The van der Waals surface area contributed by atoms with Gasteiger partial charge in [0.15, 0.2) is 0 Å². The van der Waals surface area contributed by atoms with Gasteiger partial charge in [-0.2, -0.15) is 0 Å². The van der Waals surface area contributed by atoms with Crippen LogP contribution in [0.4, 0.5) is 0 Å². The molecule has 4 rings (SSSR count). The second-order valence-corrected chi connectivity index (χ2v) is 8.15. The Kier molecular flexibility index (Phi) is 3.69. The highest BCUT2D eigenvalue weighted by Crippen LogP contribution is 2.41. The number of hydrogen-bond donors (Lipinski definition) is 0. The van der Waals surface area contributed by atoms with Crippen LogP contribution in [0.2, 0.25) is 0 Å². The smallest absolute Gasteiger partial charge is 0.0352 e. The fourth-order valence-corrected chi connectivity index (χ4v) is 5.46. The third-order valence-corrected chi connectivity index (χ3v) is 6.65. The molecular weight excluding hydrogens is 284 g/mol. The molecule has 1 heteroatoms. The van der Waals surface area contributed by atoms with Crippen molar-refractivity contribution in [1.29, 1.82) is 0 Å². The van der Waals surface area contributed by atoms with Crippen molar-refractivity contribution in [3.05, 3.63) is 44.5 Å². The van der Waals surface area contributed by atoms with Gasteiger partial charge in [0.2, 0.25) is 0 Å². The average Bonchev–Trinajstić information content (AvgIpc) is 2.72. The first-order valence-electron chi connectivity index (χ1n) is 8.65. The maximum atomic E-state index is 2.57. The third-order valence-electron chi connectivity index (χ3n) is 5.51. The van der Waals surface area contributed by atoms with Gasteiger partial charge in [0.1, 0.15) is 0 Å². The molecule has 1 saturated carbocycles. The van der Waals surface area contributed by atoms with Gasteiger partial charge in [-0.05, 0) is 42.0 Å². The highest BCUT2D eigenvalue weighted by atomic mass is 32.1. The van der Waals surface area contributed by atoms with Crippen LogP contribution in [0.3, 0.4) is 0 Å². The van der Waals surface area contributed by atoms with E-state index < -0.39 is 0 Å². The number of allylic oxidation sites excluding steroid dienone is 4. The molecule has 114 valence electrons. The molecule has 22 heavy (non-hydrogen) atoms. The first kappa shape index (κ1) is 14.3. The Balaban J connectivity index is 1.85. The van der Waals surface area contributed by atoms with Gasteiger partial charge < -0.3 is 0 Å². The third kappa shape index (κ3) is 2.46. The van der Waals surface area contributed by atoms with Crippen LogP contribution in [0.15, 0.2) is 24.3 Å². The van der Waals surface area contributed by atoms with Crippen molar-refractivity contribution in [1.82, 2.24) is 0 Å². The second-order valence-electron chi connectivity index (χ2n) is 7.07.